The minimum absolute atomic E-state index is 0.0607. The van der Waals surface area contributed by atoms with Crippen LogP contribution in [0.5, 0.6) is 0 Å². The van der Waals surface area contributed by atoms with Gasteiger partial charge in [0.1, 0.15) is 23.7 Å². The third kappa shape index (κ3) is 8.18. The molecule has 1 aliphatic rings. The van der Waals surface area contributed by atoms with Crippen molar-refractivity contribution in [2.24, 2.45) is 17.8 Å². The Morgan fingerprint density at radius 1 is 0.889 bits per heavy atom. The molecule has 0 aromatic rings. The Kier molecular flexibility index (Phi) is 11.4. The number of hydrogen-bond acceptors (Lipinski definition) is 6. The number of esters is 1. The van der Waals surface area contributed by atoms with Gasteiger partial charge < -0.3 is 19.9 Å². The van der Waals surface area contributed by atoms with Crippen molar-refractivity contribution in [3.63, 3.8) is 0 Å². The van der Waals surface area contributed by atoms with Gasteiger partial charge in [-0.05, 0) is 65.5 Å². The lowest BCUT2D eigenvalue weighted by Gasteiger charge is -2.38. The zero-order chi connectivity index (χ0) is 28.1. The smallest absolute Gasteiger partial charge is 0.329 e. The molecule has 1 fully saturated rings. The maximum absolute atomic E-state index is 13.7. The molecule has 0 aromatic heterocycles. The van der Waals surface area contributed by atoms with E-state index in [4.69, 9.17) is 4.74 Å². The second-order valence-corrected chi connectivity index (χ2v) is 12.2. The first-order valence-electron chi connectivity index (χ1n) is 13.2. The van der Waals surface area contributed by atoms with Crippen LogP contribution in [0.15, 0.2) is 0 Å². The molecule has 0 radical (unpaired) electrons. The Hall–Kier alpha value is -2.16. The van der Waals surface area contributed by atoms with Crippen LogP contribution in [0, 0.1) is 17.8 Å². The van der Waals surface area contributed by atoms with Crippen LogP contribution in [0.3, 0.4) is 0 Å². The number of ether oxygens (including phenoxy) is 1. The first-order valence-corrected chi connectivity index (χ1v) is 13.2. The van der Waals surface area contributed by atoms with E-state index >= 15 is 0 Å². The van der Waals surface area contributed by atoms with Crippen molar-refractivity contribution in [1.82, 2.24) is 20.0 Å². The molecular formula is C27H50N4O5. The van der Waals surface area contributed by atoms with Gasteiger partial charge in [0.25, 0.3) is 0 Å². The molecular weight excluding hydrogens is 460 g/mol. The summed E-state index contributed by atoms with van der Waals surface area (Å²) >= 11 is 0. The molecule has 208 valence electrons. The highest BCUT2D eigenvalue weighted by atomic mass is 16.6. The van der Waals surface area contributed by atoms with E-state index < -0.39 is 29.7 Å². The first-order chi connectivity index (χ1) is 16.4. The predicted octanol–water partition coefficient (Wildman–Crippen LogP) is 2.53. The van der Waals surface area contributed by atoms with E-state index in [1.807, 2.05) is 60.5 Å². The van der Waals surface area contributed by atoms with Crippen LogP contribution in [-0.2, 0) is 23.9 Å². The number of likely N-dealkylation sites (N-methyl/N-ethyl adjacent to an activating group) is 2. The van der Waals surface area contributed by atoms with Gasteiger partial charge in [0.05, 0.1) is 6.04 Å². The highest BCUT2D eigenvalue weighted by molar-refractivity contribution is 5.94. The molecule has 0 unspecified atom stereocenters. The Morgan fingerprint density at radius 2 is 1.42 bits per heavy atom. The minimum atomic E-state index is -0.780. The summed E-state index contributed by atoms with van der Waals surface area (Å²) < 4.78 is 5.56. The van der Waals surface area contributed by atoms with Crippen LogP contribution in [0.2, 0.25) is 0 Å². The number of amides is 3. The van der Waals surface area contributed by atoms with Crippen LogP contribution >= 0.6 is 0 Å². The molecule has 1 saturated heterocycles. The molecule has 9 heteroatoms. The molecule has 0 spiro atoms. The SMILES string of the molecule is CC(C)[C@H](NC(=O)[C@H](C(C)C)N(C)C)C(=O)N(C)[C@H](C(=O)N1CCC[C@H]1C(=O)OC(C)(C)C)C(C)C. The van der Waals surface area contributed by atoms with Gasteiger partial charge in [-0.2, -0.15) is 0 Å². The summed E-state index contributed by atoms with van der Waals surface area (Å²) in [5.74, 6) is -1.53. The molecule has 1 rings (SSSR count). The molecule has 0 bridgehead atoms. The normalized spacial score (nSPS) is 19.0. The Balaban J connectivity index is 3.17. The average molecular weight is 511 g/mol. The molecule has 0 saturated carbocycles. The molecule has 36 heavy (non-hydrogen) atoms. The van der Waals surface area contributed by atoms with E-state index in [1.165, 1.54) is 4.90 Å². The number of carbonyl (C=O) groups excluding carboxylic acids is 4. The van der Waals surface area contributed by atoms with Crippen LogP contribution in [0.1, 0.15) is 75.2 Å². The van der Waals surface area contributed by atoms with Gasteiger partial charge in [-0.3, -0.25) is 19.3 Å². The molecule has 4 atom stereocenters. The van der Waals surface area contributed by atoms with Gasteiger partial charge >= 0.3 is 5.97 Å². The maximum Gasteiger partial charge on any atom is 0.329 e. The summed E-state index contributed by atoms with van der Waals surface area (Å²) in [7, 11) is 5.29. The number of rotatable bonds is 10. The van der Waals surface area contributed by atoms with Crippen molar-refractivity contribution in [2.75, 3.05) is 27.7 Å². The van der Waals surface area contributed by atoms with E-state index in [2.05, 4.69) is 5.32 Å². The fourth-order valence-electron chi connectivity index (χ4n) is 4.96. The zero-order valence-corrected chi connectivity index (χ0v) is 24.5. The summed E-state index contributed by atoms with van der Waals surface area (Å²) in [6, 6.07) is -2.59. The second kappa shape index (κ2) is 12.9. The quantitative estimate of drug-likeness (QED) is 0.454. The van der Waals surface area contributed by atoms with Gasteiger partial charge in [-0.25, -0.2) is 4.79 Å². The Labute approximate surface area is 218 Å². The summed E-state index contributed by atoms with van der Waals surface area (Å²) in [5.41, 5.74) is -0.651. The fourth-order valence-corrected chi connectivity index (χ4v) is 4.96. The summed E-state index contributed by atoms with van der Waals surface area (Å²) in [4.78, 5) is 58.2. The highest BCUT2D eigenvalue weighted by Gasteiger charge is 2.43. The van der Waals surface area contributed by atoms with E-state index in [9.17, 15) is 19.2 Å². The Morgan fingerprint density at radius 3 is 1.83 bits per heavy atom. The van der Waals surface area contributed by atoms with Crippen LogP contribution in [0.25, 0.3) is 0 Å². The number of nitrogens with zero attached hydrogens (tertiary/aromatic N) is 3. The van der Waals surface area contributed by atoms with E-state index in [1.54, 1.807) is 32.7 Å². The predicted molar refractivity (Wildman–Crippen MR) is 141 cm³/mol. The van der Waals surface area contributed by atoms with E-state index in [0.29, 0.717) is 19.4 Å². The average Bonchev–Trinajstić information content (AvgIpc) is 3.19. The van der Waals surface area contributed by atoms with Gasteiger partial charge in [-0.1, -0.05) is 41.5 Å². The zero-order valence-electron chi connectivity index (χ0n) is 24.5. The number of likely N-dealkylation sites (tertiary alicyclic amines) is 1. The van der Waals surface area contributed by atoms with E-state index in [0.717, 1.165) is 0 Å². The molecule has 0 aliphatic carbocycles. The third-order valence-electron chi connectivity index (χ3n) is 6.55. The molecule has 3 amide bonds. The third-order valence-corrected chi connectivity index (χ3v) is 6.55. The topological polar surface area (TPSA) is 99.3 Å². The van der Waals surface area contributed by atoms with Gasteiger partial charge in [0.15, 0.2) is 0 Å². The summed E-state index contributed by atoms with van der Waals surface area (Å²) in [6.45, 7) is 17.3. The van der Waals surface area contributed by atoms with Crippen molar-refractivity contribution >= 4 is 23.7 Å². The standard InChI is InChI=1S/C27H50N4O5/c1-16(2)20(28-23(32)21(17(3)4)29(10)11)24(33)30(12)22(18(5)6)25(34)31-15-13-14-19(31)26(35)36-27(7,8)9/h16-22H,13-15H2,1-12H3,(H,28,32)/t19-,20-,21-,22-/m0/s1. The lowest BCUT2D eigenvalue weighted by Crippen LogP contribution is -2.60. The molecule has 9 nitrogen and oxygen atoms in total. The number of carbonyl (C=O) groups is 4. The molecule has 0 aromatic carbocycles. The number of hydrogen-bond donors (Lipinski definition) is 1. The van der Waals surface area contributed by atoms with E-state index in [-0.39, 0.29) is 41.5 Å². The minimum Gasteiger partial charge on any atom is -0.458 e. The summed E-state index contributed by atoms with van der Waals surface area (Å²) in [5, 5.41) is 2.94. The number of nitrogens with one attached hydrogen (secondary N) is 1. The molecule has 1 N–H and O–H groups in total. The first kappa shape index (κ1) is 31.9. The molecule has 1 heterocycles. The largest absolute Gasteiger partial charge is 0.458 e. The van der Waals surface area contributed by atoms with Crippen LogP contribution in [-0.4, -0.2) is 95.8 Å². The highest BCUT2D eigenvalue weighted by Crippen LogP contribution is 2.25. The fraction of sp³-hybridized carbons (Fsp3) is 0.852. The summed E-state index contributed by atoms with van der Waals surface area (Å²) in [6.07, 6.45) is 1.23. The van der Waals surface area contributed by atoms with Crippen LogP contribution < -0.4 is 5.32 Å². The van der Waals surface area contributed by atoms with Crippen molar-refractivity contribution in [3.05, 3.63) is 0 Å². The second-order valence-electron chi connectivity index (χ2n) is 12.2. The van der Waals surface area contributed by atoms with Gasteiger partial charge in [0, 0.05) is 13.6 Å². The lowest BCUT2D eigenvalue weighted by molar-refractivity contribution is -0.165. The maximum atomic E-state index is 13.7. The van der Waals surface area contributed by atoms with Crippen molar-refractivity contribution < 1.29 is 23.9 Å². The lowest BCUT2D eigenvalue weighted by atomic mass is 9.96. The van der Waals surface area contributed by atoms with Gasteiger partial charge in [0.2, 0.25) is 17.7 Å². The van der Waals surface area contributed by atoms with Crippen LogP contribution in [0.4, 0.5) is 0 Å². The van der Waals surface area contributed by atoms with Crippen molar-refractivity contribution in [1.29, 1.82) is 0 Å². The van der Waals surface area contributed by atoms with Gasteiger partial charge in [-0.15, -0.1) is 0 Å². The van der Waals surface area contributed by atoms with Crippen molar-refractivity contribution in [3.8, 4) is 0 Å². The monoisotopic (exact) mass is 510 g/mol. The molecule has 1 aliphatic heterocycles. The Bertz CT molecular complexity index is 780. The van der Waals surface area contributed by atoms with Crippen molar-refractivity contribution in [2.45, 2.75) is 105 Å².